The van der Waals surface area contributed by atoms with Crippen molar-refractivity contribution >= 4 is 17.8 Å². The molecule has 0 bridgehead atoms. The molecule has 2 amide bonds. The standard InChI is InChI=1S/C17H13NO5/c1-22-11-6-8-12(9-7-11)23-15(19)10-18-16(20)13-4-2-3-5-14(13)17(18)21/h2-9H,10H2,1H3. The summed E-state index contributed by atoms with van der Waals surface area (Å²) in [5.74, 6) is -0.725. The molecule has 0 spiro atoms. The zero-order valence-electron chi connectivity index (χ0n) is 12.3. The first-order valence-electron chi connectivity index (χ1n) is 6.90. The smallest absolute Gasteiger partial charge is 0.331 e. The van der Waals surface area contributed by atoms with Crippen molar-refractivity contribution in [2.45, 2.75) is 0 Å². The van der Waals surface area contributed by atoms with Gasteiger partial charge in [-0.1, -0.05) is 12.1 Å². The third-order valence-corrected chi connectivity index (χ3v) is 3.46. The van der Waals surface area contributed by atoms with Crippen molar-refractivity contribution in [2.24, 2.45) is 0 Å². The molecule has 6 nitrogen and oxygen atoms in total. The minimum atomic E-state index is -0.690. The van der Waals surface area contributed by atoms with Crippen LogP contribution in [0.1, 0.15) is 20.7 Å². The predicted octanol–water partition coefficient (Wildman–Crippen LogP) is 1.90. The molecule has 1 aliphatic rings. The number of fused-ring (bicyclic) bond motifs is 1. The summed E-state index contributed by atoms with van der Waals surface area (Å²) in [5, 5.41) is 0. The Morgan fingerprint density at radius 2 is 1.43 bits per heavy atom. The van der Waals surface area contributed by atoms with E-state index in [-0.39, 0.29) is 0 Å². The lowest BCUT2D eigenvalue weighted by molar-refractivity contribution is -0.134. The molecule has 2 aromatic rings. The number of hydrogen-bond acceptors (Lipinski definition) is 5. The van der Waals surface area contributed by atoms with Crippen LogP contribution in [0.25, 0.3) is 0 Å². The quantitative estimate of drug-likeness (QED) is 0.490. The van der Waals surface area contributed by atoms with E-state index < -0.39 is 24.3 Å². The summed E-state index contributed by atoms with van der Waals surface area (Å²) in [5.41, 5.74) is 0.601. The number of imide groups is 1. The molecule has 23 heavy (non-hydrogen) atoms. The van der Waals surface area contributed by atoms with E-state index >= 15 is 0 Å². The Hall–Kier alpha value is -3.15. The van der Waals surface area contributed by atoms with Gasteiger partial charge in [0.15, 0.2) is 0 Å². The number of nitrogens with zero attached hydrogens (tertiary/aromatic N) is 1. The third kappa shape index (κ3) is 2.78. The largest absolute Gasteiger partial charge is 0.497 e. The molecule has 0 aliphatic carbocycles. The Labute approximate surface area is 132 Å². The number of amides is 2. The maximum atomic E-state index is 12.2. The lowest BCUT2D eigenvalue weighted by atomic mass is 10.1. The van der Waals surface area contributed by atoms with Gasteiger partial charge in [-0.3, -0.25) is 14.5 Å². The van der Waals surface area contributed by atoms with Crippen LogP contribution in [0.3, 0.4) is 0 Å². The van der Waals surface area contributed by atoms with E-state index in [1.165, 1.54) is 7.11 Å². The predicted molar refractivity (Wildman–Crippen MR) is 80.4 cm³/mol. The molecule has 0 atom stereocenters. The van der Waals surface area contributed by atoms with Crippen molar-refractivity contribution in [3.05, 3.63) is 59.7 Å². The Balaban J connectivity index is 1.69. The Morgan fingerprint density at radius 1 is 0.913 bits per heavy atom. The van der Waals surface area contributed by atoms with Crippen LogP contribution in [-0.4, -0.2) is 36.3 Å². The summed E-state index contributed by atoms with van der Waals surface area (Å²) in [6, 6.07) is 12.9. The topological polar surface area (TPSA) is 72.9 Å². The van der Waals surface area contributed by atoms with Gasteiger partial charge < -0.3 is 9.47 Å². The van der Waals surface area contributed by atoms with E-state index in [9.17, 15) is 14.4 Å². The maximum Gasteiger partial charge on any atom is 0.331 e. The van der Waals surface area contributed by atoms with Crippen LogP contribution in [0.4, 0.5) is 0 Å². The SMILES string of the molecule is COc1ccc(OC(=O)CN2C(=O)c3ccccc3C2=O)cc1. The minimum Gasteiger partial charge on any atom is -0.497 e. The fraction of sp³-hybridized carbons (Fsp3) is 0.118. The zero-order chi connectivity index (χ0) is 16.4. The molecule has 0 radical (unpaired) electrons. The summed E-state index contributed by atoms with van der Waals surface area (Å²) in [6.07, 6.45) is 0. The lowest BCUT2D eigenvalue weighted by Gasteiger charge is -2.13. The fourth-order valence-electron chi connectivity index (χ4n) is 2.32. The molecule has 0 saturated heterocycles. The van der Waals surface area contributed by atoms with Crippen molar-refractivity contribution in [1.82, 2.24) is 4.90 Å². The summed E-state index contributed by atoms with van der Waals surface area (Å²) in [4.78, 5) is 37.2. The highest BCUT2D eigenvalue weighted by Gasteiger charge is 2.36. The van der Waals surface area contributed by atoms with E-state index in [4.69, 9.17) is 9.47 Å². The Morgan fingerprint density at radius 3 is 1.96 bits per heavy atom. The van der Waals surface area contributed by atoms with Gasteiger partial charge in [0, 0.05) is 0 Å². The van der Waals surface area contributed by atoms with Crippen LogP contribution in [0.5, 0.6) is 11.5 Å². The molecule has 1 heterocycles. The molecule has 3 rings (SSSR count). The van der Waals surface area contributed by atoms with Crippen molar-refractivity contribution < 1.29 is 23.9 Å². The van der Waals surface area contributed by atoms with E-state index in [1.807, 2.05) is 0 Å². The lowest BCUT2D eigenvalue weighted by Crippen LogP contribution is -2.36. The van der Waals surface area contributed by atoms with Crippen LogP contribution in [-0.2, 0) is 4.79 Å². The molecule has 0 saturated carbocycles. The summed E-state index contributed by atoms with van der Waals surface area (Å²) < 4.78 is 10.1. The van der Waals surface area contributed by atoms with Crippen LogP contribution >= 0.6 is 0 Å². The molecule has 6 heteroatoms. The van der Waals surface area contributed by atoms with Gasteiger partial charge in [-0.2, -0.15) is 0 Å². The van der Waals surface area contributed by atoms with Gasteiger partial charge in [0.05, 0.1) is 18.2 Å². The highest BCUT2D eigenvalue weighted by molar-refractivity contribution is 6.22. The van der Waals surface area contributed by atoms with E-state index in [2.05, 4.69) is 0 Å². The number of ether oxygens (including phenoxy) is 2. The van der Waals surface area contributed by atoms with Gasteiger partial charge in [0.1, 0.15) is 18.0 Å². The highest BCUT2D eigenvalue weighted by Crippen LogP contribution is 2.22. The third-order valence-electron chi connectivity index (χ3n) is 3.46. The number of esters is 1. The Kier molecular flexibility index (Phi) is 3.80. The van der Waals surface area contributed by atoms with Gasteiger partial charge in [-0.05, 0) is 36.4 Å². The van der Waals surface area contributed by atoms with Gasteiger partial charge in [-0.15, -0.1) is 0 Å². The first kappa shape index (κ1) is 14.8. The summed E-state index contributed by atoms with van der Waals surface area (Å²) in [6.45, 7) is -0.432. The van der Waals surface area contributed by atoms with Crippen LogP contribution in [0, 0.1) is 0 Å². The number of carbonyl (C=O) groups excluding carboxylic acids is 3. The monoisotopic (exact) mass is 311 g/mol. The van der Waals surface area contributed by atoms with Gasteiger partial charge in [0.25, 0.3) is 11.8 Å². The van der Waals surface area contributed by atoms with Gasteiger partial charge in [0.2, 0.25) is 0 Å². The molecule has 116 valence electrons. The highest BCUT2D eigenvalue weighted by atomic mass is 16.5. The van der Waals surface area contributed by atoms with Crippen LogP contribution in [0.2, 0.25) is 0 Å². The minimum absolute atomic E-state index is 0.301. The van der Waals surface area contributed by atoms with Gasteiger partial charge in [-0.25, -0.2) is 4.79 Å². The number of methoxy groups -OCH3 is 1. The molecule has 0 N–H and O–H groups in total. The first-order chi connectivity index (χ1) is 11.1. The summed E-state index contributed by atoms with van der Waals surface area (Å²) >= 11 is 0. The maximum absolute atomic E-state index is 12.2. The molecule has 0 fully saturated rings. The second-order valence-electron chi connectivity index (χ2n) is 4.89. The summed E-state index contributed by atoms with van der Waals surface area (Å²) in [7, 11) is 1.53. The second kappa shape index (κ2) is 5.92. The van der Waals surface area contributed by atoms with Crippen molar-refractivity contribution in [1.29, 1.82) is 0 Å². The average Bonchev–Trinajstić information content (AvgIpc) is 2.81. The molecule has 1 aliphatic heterocycles. The van der Waals surface area contributed by atoms with E-state index in [0.717, 1.165) is 4.90 Å². The van der Waals surface area contributed by atoms with E-state index in [0.29, 0.717) is 22.6 Å². The Bertz CT molecular complexity index is 747. The second-order valence-corrected chi connectivity index (χ2v) is 4.89. The molecular formula is C17H13NO5. The average molecular weight is 311 g/mol. The van der Waals surface area contributed by atoms with Crippen molar-refractivity contribution in [3.63, 3.8) is 0 Å². The number of benzene rings is 2. The fourth-order valence-corrected chi connectivity index (χ4v) is 2.32. The first-order valence-corrected chi connectivity index (χ1v) is 6.90. The van der Waals surface area contributed by atoms with E-state index in [1.54, 1.807) is 48.5 Å². The zero-order valence-corrected chi connectivity index (χ0v) is 12.3. The number of hydrogen-bond donors (Lipinski definition) is 0. The molecule has 0 unspecified atom stereocenters. The normalized spacial score (nSPS) is 13.0. The number of rotatable bonds is 4. The molecule has 2 aromatic carbocycles. The van der Waals surface area contributed by atoms with Crippen LogP contribution < -0.4 is 9.47 Å². The van der Waals surface area contributed by atoms with Crippen molar-refractivity contribution in [3.8, 4) is 11.5 Å². The number of carbonyl (C=O) groups is 3. The molecule has 0 aromatic heterocycles. The van der Waals surface area contributed by atoms with Gasteiger partial charge >= 0.3 is 5.97 Å². The van der Waals surface area contributed by atoms with Crippen molar-refractivity contribution in [2.75, 3.05) is 13.7 Å². The molecular weight excluding hydrogens is 298 g/mol. The van der Waals surface area contributed by atoms with Crippen LogP contribution in [0.15, 0.2) is 48.5 Å².